The lowest BCUT2D eigenvalue weighted by Gasteiger charge is -2.09. The Morgan fingerprint density at radius 2 is 1.91 bits per heavy atom. The van der Waals surface area contributed by atoms with Gasteiger partial charge in [0, 0.05) is 6.42 Å². The molecule has 0 radical (unpaired) electrons. The summed E-state index contributed by atoms with van der Waals surface area (Å²) in [5.74, 6) is -0.164. The first-order valence-electron chi connectivity index (χ1n) is 3.16. The molecule has 0 aromatic heterocycles. The van der Waals surface area contributed by atoms with Gasteiger partial charge in [0.25, 0.3) is 0 Å². The molecule has 0 amide bonds. The van der Waals surface area contributed by atoms with Crippen LogP contribution < -0.4 is 0 Å². The predicted octanol–water partition coefficient (Wildman–Crippen LogP) is 2.42. The van der Waals surface area contributed by atoms with Gasteiger partial charge >= 0.3 is 6.18 Å². The highest BCUT2D eigenvalue weighted by molar-refractivity contribution is 5.89. The Hall–Kier alpha value is -0.740. The van der Waals surface area contributed by atoms with E-state index in [4.69, 9.17) is 5.21 Å². The van der Waals surface area contributed by atoms with E-state index in [9.17, 15) is 13.2 Å². The minimum absolute atomic E-state index is 0.164. The number of hydrogen-bond donors (Lipinski definition) is 1. The van der Waals surface area contributed by atoms with Crippen LogP contribution in [0.15, 0.2) is 5.16 Å². The minimum atomic E-state index is -4.50. The number of rotatable bonds is 2. The molecule has 0 unspecified atom stereocenters. The molecule has 0 rings (SSSR count). The van der Waals surface area contributed by atoms with Crippen molar-refractivity contribution < 1.29 is 18.4 Å². The van der Waals surface area contributed by atoms with Crippen LogP contribution in [0.1, 0.15) is 20.3 Å². The van der Waals surface area contributed by atoms with Crippen molar-refractivity contribution in [2.24, 2.45) is 11.1 Å². The van der Waals surface area contributed by atoms with Gasteiger partial charge in [0.2, 0.25) is 0 Å². The van der Waals surface area contributed by atoms with Crippen LogP contribution in [0, 0.1) is 5.92 Å². The van der Waals surface area contributed by atoms with Gasteiger partial charge in [0.1, 0.15) is 0 Å². The molecule has 66 valence electrons. The number of nitrogens with zero attached hydrogens (tertiary/aromatic N) is 1. The molecule has 0 aromatic carbocycles. The summed E-state index contributed by atoms with van der Waals surface area (Å²) in [6.07, 6.45) is -4.75. The van der Waals surface area contributed by atoms with Gasteiger partial charge in [-0.2, -0.15) is 13.2 Å². The Kier molecular flexibility index (Phi) is 3.35. The fraction of sp³-hybridized carbons (Fsp3) is 0.833. The molecule has 0 aromatic rings. The van der Waals surface area contributed by atoms with Crippen molar-refractivity contribution in [3.63, 3.8) is 0 Å². The Bertz CT molecular complexity index is 150. The van der Waals surface area contributed by atoms with Gasteiger partial charge in [-0.1, -0.05) is 19.0 Å². The average Bonchev–Trinajstić information content (AvgIpc) is 1.79. The van der Waals surface area contributed by atoms with Crippen LogP contribution in [0.4, 0.5) is 13.2 Å². The highest BCUT2D eigenvalue weighted by Crippen LogP contribution is 2.21. The monoisotopic (exact) mass is 169 g/mol. The first-order chi connectivity index (χ1) is 4.88. The topological polar surface area (TPSA) is 32.6 Å². The maximum Gasteiger partial charge on any atom is 0.432 e. The molecule has 0 saturated heterocycles. The summed E-state index contributed by atoms with van der Waals surface area (Å²) >= 11 is 0. The lowest BCUT2D eigenvalue weighted by molar-refractivity contribution is -0.0632. The summed E-state index contributed by atoms with van der Waals surface area (Å²) in [5, 5.41) is 10.2. The quantitative estimate of drug-likeness (QED) is 0.384. The maximum absolute atomic E-state index is 11.8. The SMILES string of the molecule is CC(C)CC(=NO)C(F)(F)F. The smallest absolute Gasteiger partial charge is 0.411 e. The molecule has 0 heterocycles. The molecular weight excluding hydrogens is 159 g/mol. The summed E-state index contributed by atoms with van der Waals surface area (Å²) in [4.78, 5) is 0. The molecule has 2 nitrogen and oxygen atoms in total. The normalized spacial score (nSPS) is 14.2. The third kappa shape index (κ3) is 3.85. The molecule has 0 aliphatic carbocycles. The molecule has 0 atom stereocenters. The van der Waals surface area contributed by atoms with E-state index in [0.717, 1.165) is 0 Å². The maximum atomic E-state index is 11.8. The number of alkyl halides is 3. The van der Waals surface area contributed by atoms with Crippen molar-refractivity contribution in [2.75, 3.05) is 0 Å². The second kappa shape index (κ2) is 3.59. The van der Waals surface area contributed by atoms with Crippen LogP contribution in [0.25, 0.3) is 0 Å². The third-order valence-corrected chi connectivity index (χ3v) is 1.05. The van der Waals surface area contributed by atoms with Crippen molar-refractivity contribution in [2.45, 2.75) is 26.4 Å². The van der Waals surface area contributed by atoms with Crippen molar-refractivity contribution in [1.82, 2.24) is 0 Å². The van der Waals surface area contributed by atoms with Crippen LogP contribution in [0.5, 0.6) is 0 Å². The van der Waals surface area contributed by atoms with Gasteiger partial charge < -0.3 is 5.21 Å². The summed E-state index contributed by atoms with van der Waals surface area (Å²) in [6.45, 7) is 3.24. The fourth-order valence-electron chi connectivity index (χ4n) is 0.600. The fourth-order valence-corrected chi connectivity index (χ4v) is 0.600. The highest BCUT2D eigenvalue weighted by Gasteiger charge is 2.36. The van der Waals surface area contributed by atoms with Crippen LogP contribution >= 0.6 is 0 Å². The van der Waals surface area contributed by atoms with Crippen molar-refractivity contribution in [3.05, 3.63) is 0 Å². The van der Waals surface area contributed by atoms with E-state index in [0.29, 0.717) is 0 Å². The van der Waals surface area contributed by atoms with Gasteiger partial charge in [0.05, 0.1) is 0 Å². The predicted molar refractivity (Wildman–Crippen MR) is 34.7 cm³/mol. The molecule has 11 heavy (non-hydrogen) atoms. The molecule has 5 heteroatoms. The first kappa shape index (κ1) is 10.3. The van der Waals surface area contributed by atoms with Crippen molar-refractivity contribution in [3.8, 4) is 0 Å². The van der Waals surface area contributed by atoms with E-state index in [1.165, 1.54) is 0 Å². The zero-order chi connectivity index (χ0) is 9.07. The zero-order valence-electron chi connectivity index (χ0n) is 6.31. The third-order valence-electron chi connectivity index (χ3n) is 1.05. The van der Waals surface area contributed by atoms with Crippen LogP contribution in [-0.4, -0.2) is 17.1 Å². The van der Waals surface area contributed by atoms with Gasteiger partial charge in [-0.3, -0.25) is 0 Å². The molecule has 0 saturated carbocycles. The molecule has 0 aliphatic rings. The molecule has 0 aliphatic heterocycles. The van der Waals surface area contributed by atoms with Crippen LogP contribution in [0.2, 0.25) is 0 Å². The second-order valence-corrected chi connectivity index (χ2v) is 2.64. The van der Waals surface area contributed by atoms with Gasteiger partial charge in [-0.15, -0.1) is 0 Å². The van der Waals surface area contributed by atoms with Crippen molar-refractivity contribution in [1.29, 1.82) is 0 Å². The zero-order valence-corrected chi connectivity index (χ0v) is 6.31. The van der Waals surface area contributed by atoms with E-state index in [2.05, 4.69) is 5.16 Å². The largest absolute Gasteiger partial charge is 0.432 e. The van der Waals surface area contributed by atoms with Crippen LogP contribution in [0.3, 0.4) is 0 Å². The Balaban J connectivity index is 4.21. The second-order valence-electron chi connectivity index (χ2n) is 2.64. The highest BCUT2D eigenvalue weighted by atomic mass is 19.4. The Labute approximate surface area is 62.7 Å². The van der Waals surface area contributed by atoms with E-state index >= 15 is 0 Å². The van der Waals surface area contributed by atoms with Gasteiger partial charge in [0.15, 0.2) is 5.71 Å². The first-order valence-corrected chi connectivity index (χ1v) is 3.16. The van der Waals surface area contributed by atoms with Crippen molar-refractivity contribution >= 4 is 5.71 Å². The molecule has 0 fully saturated rings. The average molecular weight is 169 g/mol. The lowest BCUT2D eigenvalue weighted by Crippen LogP contribution is -2.24. The Morgan fingerprint density at radius 3 is 2.00 bits per heavy atom. The molecule has 0 spiro atoms. The summed E-state index contributed by atoms with van der Waals surface area (Å²) in [5.41, 5.74) is -1.12. The van der Waals surface area contributed by atoms with E-state index in [-0.39, 0.29) is 12.3 Å². The van der Waals surface area contributed by atoms with E-state index in [1.54, 1.807) is 13.8 Å². The number of hydrogen-bond acceptors (Lipinski definition) is 2. The molecule has 0 bridgehead atoms. The van der Waals surface area contributed by atoms with Gasteiger partial charge in [-0.25, -0.2) is 0 Å². The molecular formula is C6H10F3NO. The molecule has 1 N–H and O–H groups in total. The van der Waals surface area contributed by atoms with Crippen LogP contribution in [-0.2, 0) is 0 Å². The minimum Gasteiger partial charge on any atom is -0.411 e. The summed E-state index contributed by atoms with van der Waals surface area (Å²) in [7, 11) is 0. The lowest BCUT2D eigenvalue weighted by atomic mass is 10.1. The van der Waals surface area contributed by atoms with E-state index in [1.807, 2.05) is 0 Å². The number of oxime groups is 1. The summed E-state index contributed by atoms with van der Waals surface area (Å²) < 4.78 is 35.4. The standard InChI is InChI=1S/C6H10F3NO/c1-4(2)3-5(10-11)6(7,8)9/h4,11H,3H2,1-2H3. The Morgan fingerprint density at radius 1 is 1.45 bits per heavy atom. The van der Waals surface area contributed by atoms with Gasteiger partial charge in [-0.05, 0) is 5.92 Å². The number of halogens is 3. The van der Waals surface area contributed by atoms with E-state index < -0.39 is 11.9 Å². The summed E-state index contributed by atoms with van der Waals surface area (Å²) in [6, 6.07) is 0.